The number of nitrogens with one attached hydrogen (secondary N) is 1. The molecule has 1 aromatic heterocycles. The van der Waals surface area contributed by atoms with Gasteiger partial charge in [-0.15, -0.1) is 11.8 Å². The van der Waals surface area contributed by atoms with Gasteiger partial charge in [0.2, 0.25) is 0 Å². The molecule has 0 aliphatic heterocycles. The maximum absolute atomic E-state index is 3.27. The first-order chi connectivity index (χ1) is 8.29. The monoisotopic (exact) mass is 263 g/mol. The molecule has 2 rings (SSSR count). The highest BCUT2D eigenvalue weighted by atomic mass is 32.2. The summed E-state index contributed by atoms with van der Waals surface area (Å²) in [5.74, 6) is 1.06. The van der Waals surface area contributed by atoms with Gasteiger partial charge in [-0.3, -0.25) is 0 Å². The van der Waals surface area contributed by atoms with E-state index < -0.39 is 0 Å². The zero-order chi connectivity index (χ0) is 12.1. The average molecular weight is 263 g/mol. The molecule has 0 fully saturated rings. The molecule has 0 aliphatic carbocycles. The lowest BCUT2D eigenvalue weighted by molar-refractivity contribution is 0.651. The predicted molar refractivity (Wildman–Crippen MR) is 77.8 cm³/mol. The molecular formula is C14H17NS2. The van der Waals surface area contributed by atoms with E-state index in [1.807, 2.05) is 18.8 Å². The minimum absolute atomic E-state index is 0.414. The zero-order valence-corrected chi connectivity index (χ0v) is 11.8. The van der Waals surface area contributed by atoms with E-state index in [2.05, 4.69) is 53.3 Å². The van der Waals surface area contributed by atoms with Gasteiger partial charge >= 0.3 is 0 Å². The van der Waals surface area contributed by atoms with Crippen molar-refractivity contribution in [3.63, 3.8) is 0 Å². The van der Waals surface area contributed by atoms with E-state index >= 15 is 0 Å². The van der Waals surface area contributed by atoms with Gasteiger partial charge in [0.1, 0.15) is 0 Å². The molecule has 3 heteroatoms. The average Bonchev–Trinajstić information content (AvgIpc) is 2.89. The van der Waals surface area contributed by atoms with Crippen LogP contribution in [0.25, 0.3) is 0 Å². The largest absolute Gasteiger partial charge is 0.313 e. The second-order valence-electron chi connectivity index (χ2n) is 4.00. The molecule has 1 N–H and O–H groups in total. The van der Waals surface area contributed by atoms with Gasteiger partial charge in [-0.1, -0.05) is 12.1 Å². The maximum atomic E-state index is 3.27. The third kappa shape index (κ3) is 3.60. The third-order valence-electron chi connectivity index (χ3n) is 2.78. The predicted octanol–water partition coefficient (Wildman–Crippen LogP) is 4.32. The SMILES string of the molecule is CNC(C)c1cccc(SCc2ccsc2)c1. The van der Waals surface area contributed by atoms with E-state index in [4.69, 9.17) is 0 Å². The van der Waals surface area contributed by atoms with Crippen LogP contribution in [0.5, 0.6) is 0 Å². The number of thioether (sulfide) groups is 1. The van der Waals surface area contributed by atoms with Crippen LogP contribution in [0.2, 0.25) is 0 Å². The van der Waals surface area contributed by atoms with Crippen molar-refractivity contribution in [1.29, 1.82) is 0 Å². The van der Waals surface area contributed by atoms with E-state index in [0.717, 1.165) is 5.75 Å². The summed E-state index contributed by atoms with van der Waals surface area (Å²) in [5.41, 5.74) is 2.76. The number of hydrogen-bond donors (Lipinski definition) is 1. The third-order valence-corrected chi connectivity index (χ3v) is 4.57. The van der Waals surface area contributed by atoms with Crippen LogP contribution in [-0.2, 0) is 5.75 Å². The van der Waals surface area contributed by atoms with Crippen LogP contribution < -0.4 is 5.32 Å². The van der Waals surface area contributed by atoms with E-state index in [1.165, 1.54) is 16.0 Å². The second kappa shape index (κ2) is 6.24. The van der Waals surface area contributed by atoms with Gasteiger partial charge < -0.3 is 5.32 Å². The molecule has 0 radical (unpaired) electrons. The molecule has 1 atom stereocenters. The van der Waals surface area contributed by atoms with Crippen LogP contribution in [0, 0.1) is 0 Å². The molecule has 2 aromatic rings. The van der Waals surface area contributed by atoms with E-state index in [9.17, 15) is 0 Å². The summed E-state index contributed by atoms with van der Waals surface area (Å²) in [6.45, 7) is 2.18. The van der Waals surface area contributed by atoms with Gasteiger partial charge in [0.15, 0.2) is 0 Å². The summed E-state index contributed by atoms with van der Waals surface area (Å²) in [6.07, 6.45) is 0. The molecule has 1 heterocycles. The van der Waals surface area contributed by atoms with E-state index in [0.29, 0.717) is 6.04 Å². The number of hydrogen-bond acceptors (Lipinski definition) is 3. The Bertz CT molecular complexity index is 451. The molecule has 0 saturated heterocycles. The highest BCUT2D eigenvalue weighted by molar-refractivity contribution is 7.98. The lowest BCUT2D eigenvalue weighted by atomic mass is 10.1. The van der Waals surface area contributed by atoms with Gasteiger partial charge in [-0.2, -0.15) is 11.3 Å². The molecule has 1 unspecified atom stereocenters. The fourth-order valence-corrected chi connectivity index (χ4v) is 3.26. The van der Waals surface area contributed by atoms with Crippen molar-refractivity contribution in [2.24, 2.45) is 0 Å². The molecule has 0 bridgehead atoms. The van der Waals surface area contributed by atoms with Crippen LogP contribution in [-0.4, -0.2) is 7.05 Å². The van der Waals surface area contributed by atoms with Crippen LogP contribution in [0.3, 0.4) is 0 Å². The summed E-state index contributed by atoms with van der Waals surface area (Å²) in [7, 11) is 2.00. The van der Waals surface area contributed by atoms with Crippen molar-refractivity contribution in [3.8, 4) is 0 Å². The molecule has 0 amide bonds. The van der Waals surface area contributed by atoms with Crippen molar-refractivity contribution in [2.75, 3.05) is 7.05 Å². The molecule has 0 saturated carbocycles. The maximum Gasteiger partial charge on any atom is 0.0289 e. The Morgan fingerprint density at radius 3 is 2.94 bits per heavy atom. The first-order valence-electron chi connectivity index (χ1n) is 5.70. The highest BCUT2D eigenvalue weighted by Gasteiger charge is 2.03. The summed E-state index contributed by atoms with van der Waals surface area (Å²) in [4.78, 5) is 1.34. The highest BCUT2D eigenvalue weighted by Crippen LogP contribution is 2.26. The molecule has 1 aromatic carbocycles. The standard InChI is InChI=1S/C14H17NS2/c1-11(15-2)13-4-3-5-14(8-13)17-10-12-6-7-16-9-12/h3-9,11,15H,10H2,1-2H3. The Kier molecular flexibility index (Phi) is 4.66. The normalized spacial score (nSPS) is 12.6. The minimum Gasteiger partial charge on any atom is -0.313 e. The van der Waals surface area contributed by atoms with Crippen molar-refractivity contribution in [1.82, 2.24) is 5.32 Å². The lowest BCUT2D eigenvalue weighted by Gasteiger charge is -2.11. The zero-order valence-electron chi connectivity index (χ0n) is 10.1. The smallest absolute Gasteiger partial charge is 0.0289 e. The van der Waals surface area contributed by atoms with Crippen LogP contribution in [0.4, 0.5) is 0 Å². The fourth-order valence-electron chi connectivity index (χ4n) is 1.58. The van der Waals surface area contributed by atoms with Crippen molar-refractivity contribution in [2.45, 2.75) is 23.6 Å². The second-order valence-corrected chi connectivity index (χ2v) is 5.83. The van der Waals surface area contributed by atoms with Crippen LogP contribution in [0.1, 0.15) is 24.1 Å². The van der Waals surface area contributed by atoms with Gasteiger partial charge in [-0.05, 0) is 54.1 Å². The van der Waals surface area contributed by atoms with Gasteiger partial charge in [0.25, 0.3) is 0 Å². The number of benzene rings is 1. The Hall–Kier alpha value is -0.770. The Labute approximate surface area is 111 Å². The summed E-state index contributed by atoms with van der Waals surface area (Å²) >= 11 is 3.66. The Morgan fingerprint density at radius 2 is 2.24 bits per heavy atom. The van der Waals surface area contributed by atoms with E-state index in [1.54, 1.807) is 11.3 Å². The molecule has 17 heavy (non-hydrogen) atoms. The van der Waals surface area contributed by atoms with Crippen molar-refractivity contribution in [3.05, 3.63) is 52.2 Å². The molecule has 0 spiro atoms. The Morgan fingerprint density at radius 1 is 1.35 bits per heavy atom. The van der Waals surface area contributed by atoms with Crippen molar-refractivity contribution >= 4 is 23.1 Å². The van der Waals surface area contributed by atoms with Crippen LogP contribution in [0.15, 0.2) is 46.0 Å². The van der Waals surface area contributed by atoms with Gasteiger partial charge in [0.05, 0.1) is 0 Å². The summed E-state index contributed by atoms with van der Waals surface area (Å²) in [5, 5.41) is 7.62. The molecular weight excluding hydrogens is 246 g/mol. The number of thiophene rings is 1. The molecule has 90 valence electrons. The quantitative estimate of drug-likeness (QED) is 0.806. The number of rotatable bonds is 5. The first-order valence-corrected chi connectivity index (χ1v) is 7.63. The minimum atomic E-state index is 0.414. The lowest BCUT2D eigenvalue weighted by Crippen LogP contribution is -2.11. The first kappa shape index (κ1) is 12.7. The van der Waals surface area contributed by atoms with Crippen molar-refractivity contribution < 1.29 is 0 Å². The summed E-state index contributed by atoms with van der Waals surface area (Å²) < 4.78 is 0. The van der Waals surface area contributed by atoms with E-state index in [-0.39, 0.29) is 0 Å². The fraction of sp³-hybridized carbons (Fsp3) is 0.286. The Balaban J connectivity index is 2.01. The molecule has 1 nitrogen and oxygen atoms in total. The van der Waals surface area contributed by atoms with Gasteiger partial charge in [0, 0.05) is 16.7 Å². The van der Waals surface area contributed by atoms with Crippen LogP contribution >= 0.6 is 23.1 Å². The molecule has 0 aliphatic rings. The van der Waals surface area contributed by atoms with Gasteiger partial charge in [-0.25, -0.2) is 0 Å². The topological polar surface area (TPSA) is 12.0 Å². The summed E-state index contributed by atoms with van der Waals surface area (Å²) in [6, 6.07) is 11.4.